The molecule has 3 aromatic rings. The Morgan fingerprint density at radius 2 is 1.59 bits per heavy atom. The summed E-state index contributed by atoms with van der Waals surface area (Å²) < 4.78 is 29.9. The van der Waals surface area contributed by atoms with Crippen LogP contribution >= 0.6 is 0 Å². The zero-order chi connectivity index (χ0) is 19.4. The number of amides is 1. The Hall–Kier alpha value is -3.19. The van der Waals surface area contributed by atoms with Crippen LogP contribution in [-0.4, -0.2) is 33.2 Å². The maximum Gasteiger partial charge on any atom is 0.339 e. The highest BCUT2D eigenvalue weighted by Gasteiger charge is 2.21. The molecule has 0 saturated carbocycles. The average molecular weight is 383 g/mol. The van der Waals surface area contributed by atoms with E-state index in [1.807, 2.05) is 18.2 Å². The van der Waals surface area contributed by atoms with Crippen molar-refractivity contribution in [2.24, 2.45) is 0 Å². The lowest BCUT2D eigenvalue weighted by molar-refractivity contribution is -0.113. The average Bonchev–Trinajstić information content (AvgIpc) is 2.67. The Labute approximate surface area is 156 Å². The molecule has 0 bridgehead atoms. The molecule has 0 aliphatic carbocycles. The third kappa shape index (κ3) is 4.15. The second-order valence-corrected chi connectivity index (χ2v) is 7.84. The summed E-state index contributed by atoms with van der Waals surface area (Å²) in [4.78, 5) is 24.1. The number of esters is 1. The smallest absolute Gasteiger partial charge is 0.339 e. The van der Waals surface area contributed by atoms with E-state index in [0.29, 0.717) is 0 Å². The number of carbonyl (C=O) groups excluding carboxylic acids is 2. The zero-order valence-corrected chi connectivity index (χ0v) is 15.3. The van der Waals surface area contributed by atoms with Gasteiger partial charge in [0.25, 0.3) is 0 Å². The summed E-state index contributed by atoms with van der Waals surface area (Å²) in [6, 6.07) is 18.3. The van der Waals surface area contributed by atoms with Gasteiger partial charge in [0.05, 0.1) is 23.3 Å². The quantitative estimate of drug-likeness (QED) is 0.684. The highest BCUT2D eigenvalue weighted by Crippen LogP contribution is 2.21. The van der Waals surface area contributed by atoms with E-state index in [2.05, 4.69) is 10.1 Å². The highest BCUT2D eigenvalue weighted by molar-refractivity contribution is 7.92. The summed E-state index contributed by atoms with van der Waals surface area (Å²) in [5.74, 6) is -2.09. The molecule has 7 heteroatoms. The van der Waals surface area contributed by atoms with Gasteiger partial charge >= 0.3 is 5.97 Å². The van der Waals surface area contributed by atoms with Crippen molar-refractivity contribution < 1.29 is 22.7 Å². The number of sulfone groups is 1. The molecule has 6 nitrogen and oxygen atoms in total. The van der Waals surface area contributed by atoms with Gasteiger partial charge in [0.1, 0.15) is 5.75 Å². The van der Waals surface area contributed by atoms with Gasteiger partial charge in [0.2, 0.25) is 5.91 Å². The minimum atomic E-state index is -3.84. The van der Waals surface area contributed by atoms with Gasteiger partial charge in [-0.25, -0.2) is 13.2 Å². The van der Waals surface area contributed by atoms with E-state index in [9.17, 15) is 18.0 Å². The van der Waals surface area contributed by atoms with Crippen LogP contribution in [-0.2, 0) is 19.4 Å². The number of fused-ring (bicyclic) bond motifs is 1. The molecule has 0 aliphatic rings. The van der Waals surface area contributed by atoms with Crippen LogP contribution in [0.15, 0.2) is 71.6 Å². The first-order valence-corrected chi connectivity index (χ1v) is 9.75. The molecule has 0 radical (unpaired) electrons. The third-order valence-electron chi connectivity index (χ3n) is 4.01. The normalized spacial score (nSPS) is 11.1. The second-order valence-electron chi connectivity index (χ2n) is 5.85. The number of anilines is 1. The van der Waals surface area contributed by atoms with Gasteiger partial charge in [-0.2, -0.15) is 0 Å². The molecule has 3 rings (SSSR count). The lowest BCUT2D eigenvalue weighted by Gasteiger charge is -2.10. The number of para-hydroxylation sites is 1. The van der Waals surface area contributed by atoms with Crippen LogP contribution in [0.4, 0.5) is 5.69 Å². The first-order valence-electron chi connectivity index (χ1n) is 8.09. The Morgan fingerprint density at radius 3 is 2.33 bits per heavy atom. The molecule has 3 aromatic carbocycles. The predicted octanol–water partition coefficient (Wildman–Crippen LogP) is 3.04. The summed E-state index contributed by atoms with van der Waals surface area (Å²) in [6.07, 6.45) is 0. The summed E-state index contributed by atoms with van der Waals surface area (Å²) in [5, 5.41) is 4.15. The van der Waals surface area contributed by atoms with Crippen LogP contribution in [0.5, 0.6) is 0 Å². The van der Waals surface area contributed by atoms with Crippen LogP contribution in [0.25, 0.3) is 10.8 Å². The van der Waals surface area contributed by atoms with Crippen LogP contribution < -0.4 is 5.32 Å². The maximum atomic E-state index is 12.6. The molecule has 0 spiro atoms. The van der Waals surface area contributed by atoms with Gasteiger partial charge in [-0.3, -0.25) is 4.79 Å². The summed E-state index contributed by atoms with van der Waals surface area (Å²) in [5.41, 5.74) is 0.347. The molecular formula is C20H17NO5S. The van der Waals surface area contributed by atoms with Gasteiger partial charge in [-0.05, 0) is 35.0 Å². The van der Waals surface area contributed by atoms with Gasteiger partial charge in [-0.15, -0.1) is 0 Å². The molecule has 0 saturated heterocycles. The van der Waals surface area contributed by atoms with Crippen molar-refractivity contribution in [1.82, 2.24) is 0 Å². The molecule has 0 unspecified atom stereocenters. The molecule has 0 heterocycles. The Kier molecular flexibility index (Phi) is 5.23. The van der Waals surface area contributed by atoms with Crippen LogP contribution in [0.1, 0.15) is 10.4 Å². The van der Waals surface area contributed by atoms with Crippen molar-refractivity contribution >= 4 is 38.2 Å². The maximum absolute atomic E-state index is 12.6. The van der Waals surface area contributed by atoms with Crippen molar-refractivity contribution in [3.63, 3.8) is 0 Å². The molecule has 0 fully saturated rings. The molecular weight excluding hydrogens is 366 g/mol. The summed E-state index contributed by atoms with van der Waals surface area (Å²) in [6.45, 7) is 0. The van der Waals surface area contributed by atoms with E-state index >= 15 is 0 Å². The van der Waals surface area contributed by atoms with Gasteiger partial charge in [0, 0.05) is 0 Å². The van der Waals surface area contributed by atoms with Gasteiger partial charge in [-0.1, -0.05) is 42.5 Å². The van der Waals surface area contributed by atoms with E-state index in [0.717, 1.165) is 10.8 Å². The van der Waals surface area contributed by atoms with Crippen molar-refractivity contribution in [2.75, 3.05) is 18.2 Å². The number of hydrogen-bond donors (Lipinski definition) is 1. The summed E-state index contributed by atoms with van der Waals surface area (Å²) >= 11 is 0. The number of nitrogens with one attached hydrogen (secondary N) is 1. The SMILES string of the molecule is COC(=O)c1ccccc1NC(=O)CS(=O)(=O)c1ccc2ccccc2c1. The van der Waals surface area contributed by atoms with Crippen molar-refractivity contribution in [2.45, 2.75) is 4.90 Å². The predicted molar refractivity (Wildman–Crippen MR) is 102 cm³/mol. The fourth-order valence-electron chi connectivity index (χ4n) is 2.68. The standard InChI is InChI=1S/C20H17NO5S/c1-26-20(23)17-8-4-5-9-18(17)21-19(22)13-27(24,25)16-11-10-14-6-2-3-7-15(14)12-16/h2-12H,13H2,1H3,(H,21,22). The van der Waals surface area contributed by atoms with E-state index in [4.69, 9.17) is 0 Å². The molecule has 138 valence electrons. The number of methoxy groups -OCH3 is 1. The Bertz CT molecular complexity index is 1120. The molecule has 0 aromatic heterocycles. The van der Waals surface area contributed by atoms with Crippen LogP contribution in [0.2, 0.25) is 0 Å². The van der Waals surface area contributed by atoms with Crippen molar-refractivity contribution in [3.05, 3.63) is 72.3 Å². The van der Waals surface area contributed by atoms with E-state index < -0.39 is 27.5 Å². The molecule has 1 N–H and O–H groups in total. The topological polar surface area (TPSA) is 89.5 Å². The highest BCUT2D eigenvalue weighted by atomic mass is 32.2. The Balaban J connectivity index is 1.81. The van der Waals surface area contributed by atoms with Gasteiger partial charge < -0.3 is 10.1 Å². The number of carbonyl (C=O) groups is 2. The molecule has 0 aliphatic heterocycles. The summed E-state index contributed by atoms with van der Waals surface area (Å²) in [7, 11) is -2.61. The van der Waals surface area contributed by atoms with Gasteiger partial charge in [0.15, 0.2) is 9.84 Å². The fraction of sp³-hybridized carbons (Fsp3) is 0.100. The Morgan fingerprint density at radius 1 is 0.926 bits per heavy atom. The first-order chi connectivity index (χ1) is 12.9. The van der Waals surface area contributed by atoms with E-state index in [-0.39, 0.29) is 16.1 Å². The molecule has 0 atom stereocenters. The molecule has 27 heavy (non-hydrogen) atoms. The third-order valence-corrected chi connectivity index (χ3v) is 5.62. The monoisotopic (exact) mass is 383 g/mol. The number of rotatable bonds is 5. The largest absolute Gasteiger partial charge is 0.465 e. The van der Waals surface area contributed by atoms with Crippen molar-refractivity contribution in [1.29, 1.82) is 0 Å². The van der Waals surface area contributed by atoms with E-state index in [1.165, 1.54) is 25.3 Å². The lowest BCUT2D eigenvalue weighted by atomic mass is 10.1. The minimum Gasteiger partial charge on any atom is -0.465 e. The zero-order valence-electron chi connectivity index (χ0n) is 14.5. The molecule has 1 amide bonds. The van der Waals surface area contributed by atoms with Crippen molar-refractivity contribution in [3.8, 4) is 0 Å². The number of benzene rings is 3. The first kappa shape index (κ1) is 18.6. The number of hydrogen-bond acceptors (Lipinski definition) is 5. The fourth-order valence-corrected chi connectivity index (χ4v) is 3.85. The van der Waals surface area contributed by atoms with Crippen LogP contribution in [0, 0.1) is 0 Å². The van der Waals surface area contributed by atoms with E-state index in [1.54, 1.807) is 30.3 Å². The van der Waals surface area contributed by atoms with Crippen LogP contribution in [0.3, 0.4) is 0 Å². The minimum absolute atomic E-state index is 0.0672. The lowest BCUT2D eigenvalue weighted by Crippen LogP contribution is -2.24. The number of ether oxygens (including phenoxy) is 1. The second kappa shape index (κ2) is 7.59.